The van der Waals surface area contributed by atoms with Gasteiger partial charge in [-0.2, -0.15) is 0 Å². The zero-order valence-electron chi connectivity index (χ0n) is 25.8. The number of fused-ring (bicyclic) bond motifs is 2. The largest absolute Gasteiger partial charge is 0.497 e. The lowest BCUT2D eigenvalue weighted by molar-refractivity contribution is -0.261. The molecule has 0 aliphatic carbocycles. The van der Waals surface area contributed by atoms with Gasteiger partial charge in [-0.25, -0.2) is 4.79 Å². The Morgan fingerprint density at radius 3 is 2.07 bits per heavy atom. The standard InChI is InChI=1S/C36H42O8/c1-24-9-7-13-31(41-23-38-2)35-32(14-8-11-25-10-5-6-12-30(25)36(37)42-24)43-33(26-15-19-28(39-3)20-16-26)34(44-35)27-17-21-29(40-4)22-18-27/h5-6,8,10-12,15-22,24,31-35H,7,9,13-14,23H2,1-4H3/b11-8+/t24-,31-,32+,33-,34-,35-/m0/s1. The first-order valence-corrected chi connectivity index (χ1v) is 15.2. The number of ether oxygens (including phenoxy) is 7. The van der Waals surface area contributed by atoms with Crippen molar-refractivity contribution in [3.63, 3.8) is 0 Å². The predicted octanol–water partition coefficient (Wildman–Crippen LogP) is 7.09. The van der Waals surface area contributed by atoms with Gasteiger partial charge in [0, 0.05) is 7.11 Å². The summed E-state index contributed by atoms with van der Waals surface area (Å²) in [4.78, 5) is 13.0. The summed E-state index contributed by atoms with van der Waals surface area (Å²) >= 11 is 0. The van der Waals surface area contributed by atoms with Gasteiger partial charge in [0.05, 0.1) is 38.1 Å². The van der Waals surface area contributed by atoms with Crippen LogP contribution >= 0.6 is 0 Å². The van der Waals surface area contributed by atoms with E-state index >= 15 is 0 Å². The summed E-state index contributed by atoms with van der Waals surface area (Å²) in [6.45, 7) is 2.05. The topological polar surface area (TPSA) is 81.7 Å². The fourth-order valence-corrected chi connectivity index (χ4v) is 5.84. The number of hydrogen-bond donors (Lipinski definition) is 0. The van der Waals surface area contributed by atoms with Crippen LogP contribution in [0.2, 0.25) is 0 Å². The first-order chi connectivity index (χ1) is 21.5. The Morgan fingerprint density at radius 2 is 1.43 bits per heavy atom. The minimum atomic E-state index is -0.410. The zero-order chi connectivity index (χ0) is 30.9. The van der Waals surface area contributed by atoms with E-state index in [0.29, 0.717) is 24.8 Å². The SMILES string of the molecule is COCO[C@H]1CCC[C@H](C)OC(=O)c2ccccc2/C=C/C[C@H]2O[C@@H](c3ccc(OC)cc3)[C@H](c3ccc(OC)cc3)O[C@@H]12. The smallest absolute Gasteiger partial charge is 0.338 e. The van der Waals surface area contributed by atoms with Crippen LogP contribution in [0.3, 0.4) is 0 Å². The molecule has 0 spiro atoms. The molecule has 0 radical (unpaired) electrons. The Hall–Kier alpha value is -3.69. The van der Waals surface area contributed by atoms with Gasteiger partial charge < -0.3 is 33.2 Å². The molecule has 0 bridgehead atoms. The van der Waals surface area contributed by atoms with Gasteiger partial charge in [0.25, 0.3) is 0 Å². The van der Waals surface area contributed by atoms with Crippen molar-refractivity contribution >= 4 is 12.0 Å². The summed E-state index contributed by atoms with van der Waals surface area (Å²) < 4.78 is 42.3. The van der Waals surface area contributed by atoms with Crippen LogP contribution in [0.25, 0.3) is 6.08 Å². The maximum absolute atomic E-state index is 13.0. The van der Waals surface area contributed by atoms with Crippen LogP contribution < -0.4 is 9.47 Å². The molecule has 3 aromatic carbocycles. The predicted molar refractivity (Wildman–Crippen MR) is 167 cm³/mol. The van der Waals surface area contributed by atoms with Gasteiger partial charge in [-0.1, -0.05) is 54.6 Å². The lowest BCUT2D eigenvalue weighted by Crippen LogP contribution is -2.49. The highest BCUT2D eigenvalue weighted by atomic mass is 16.7. The van der Waals surface area contributed by atoms with Crippen LogP contribution in [-0.4, -0.2) is 58.5 Å². The minimum Gasteiger partial charge on any atom is -0.497 e. The second-order valence-electron chi connectivity index (χ2n) is 11.1. The molecule has 3 aromatic rings. The van der Waals surface area contributed by atoms with Crippen LogP contribution in [0.15, 0.2) is 78.9 Å². The molecule has 8 nitrogen and oxygen atoms in total. The van der Waals surface area contributed by atoms with E-state index < -0.39 is 18.3 Å². The summed E-state index contributed by atoms with van der Waals surface area (Å²) in [5, 5.41) is 0. The maximum atomic E-state index is 13.0. The van der Waals surface area contributed by atoms with E-state index in [4.69, 9.17) is 33.2 Å². The fourth-order valence-electron chi connectivity index (χ4n) is 5.84. The van der Waals surface area contributed by atoms with Crippen molar-refractivity contribution in [3.05, 3.63) is 101 Å². The summed E-state index contributed by atoms with van der Waals surface area (Å²) in [6.07, 6.45) is 4.55. The Balaban J connectivity index is 1.54. The van der Waals surface area contributed by atoms with Gasteiger partial charge in [-0.05, 0) is 79.6 Å². The third kappa shape index (κ3) is 7.68. The van der Waals surface area contributed by atoms with E-state index in [1.54, 1.807) is 27.4 Å². The fraction of sp³-hybridized carbons (Fsp3) is 0.417. The third-order valence-electron chi connectivity index (χ3n) is 8.18. The van der Waals surface area contributed by atoms with Crippen LogP contribution in [0.4, 0.5) is 0 Å². The Labute approximate surface area is 259 Å². The maximum Gasteiger partial charge on any atom is 0.338 e. The summed E-state index contributed by atoms with van der Waals surface area (Å²) in [6, 6.07) is 23.3. The number of hydrogen-bond acceptors (Lipinski definition) is 8. The number of carbonyl (C=O) groups excluding carboxylic acids is 1. The quantitative estimate of drug-likeness (QED) is 0.209. The first-order valence-electron chi connectivity index (χ1n) is 15.2. The molecule has 0 aromatic heterocycles. The summed E-state index contributed by atoms with van der Waals surface area (Å²) in [5.74, 6) is 1.22. The second kappa shape index (κ2) is 15.3. The number of benzene rings is 3. The Bertz CT molecular complexity index is 1370. The molecule has 2 aliphatic rings. The van der Waals surface area contributed by atoms with Gasteiger partial charge in [-0.15, -0.1) is 0 Å². The molecule has 44 heavy (non-hydrogen) atoms. The van der Waals surface area contributed by atoms with Gasteiger partial charge in [0.1, 0.15) is 36.6 Å². The highest BCUT2D eigenvalue weighted by molar-refractivity contribution is 5.93. The number of methoxy groups -OCH3 is 3. The van der Waals surface area contributed by atoms with Crippen molar-refractivity contribution in [1.82, 2.24) is 0 Å². The van der Waals surface area contributed by atoms with Crippen LogP contribution in [-0.2, 0) is 23.7 Å². The van der Waals surface area contributed by atoms with E-state index in [1.165, 1.54) is 0 Å². The average Bonchev–Trinajstić information content (AvgIpc) is 3.06. The zero-order valence-corrected chi connectivity index (χ0v) is 25.8. The van der Waals surface area contributed by atoms with Crippen molar-refractivity contribution in [2.75, 3.05) is 28.1 Å². The minimum absolute atomic E-state index is 0.125. The molecule has 1 saturated heterocycles. The average molecular weight is 603 g/mol. The molecule has 0 N–H and O–H groups in total. The van der Waals surface area contributed by atoms with E-state index in [0.717, 1.165) is 34.6 Å². The molecule has 0 unspecified atom stereocenters. The number of cyclic esters (lactones) is 1. The molecular weight excluding hydrogens is 560 g/mol. The summed E-state index contributed by atoms with van der Waals surface area (Å²) in [7, 11) is 4.92. The van der Waals surface area contributed by atoms with Crippen molar-refractivity contribution in [1.29, 1.82) is 0 Å². The molecule has 5 rings (SSSR count). The van der Waals surface area contributed by atoms with Crippen molar-refractivity contribution in [2.24, 2.45) is 0 Å². The first kappa shape index (κ1) is 31.7. The van der Waals surface area contributed by atoms with Crippen molar-refractivity contribution in [2.45, 2.75) is 69.2 Å². The van der Waals surface area contributed by atoms with Gasteiger partial charge >= 0.3 is 5.97 Å². The molecule has 0 saturated carbocycles. The lowest BCUT2D eigenvalue weighted by atomic mass is 9.91. The Kier molecular flexibility index (Phi) is 11.1. The van der Waals surface area contributed by atoms with E-state index in [-0.39, 0.29) is 31.1 Å². The van der Waals surface area contributed by atoms with Crippen LogP contribution in [0, 0.1) is 0 Å². The van der Waals surface area contributed by atoms with E-state index in [2.05, 4.69) is 0 Å². The van der Waals surface area contributed by atoms with Gasteiger partial charge in [0.15, 0.2) is 0 Å². The van der Waals surface area contributed by atoms with Crippen LogP contribution in [0.5, 0.6) is 11.5 Å². The molecular formula is C36H42O8. The number of esters is 1. The second-order valence-corrected chi connectivity index (χ2v) is 11.1. The molecule has 2 aliphatic heterocycles. The summed E-state index contributed by atoms with van der Waals surface area (Å²) in [5.41, 5.74) is 3.29. The highest BCUT2D eigenvalue weighted by Crippen LogP contribution is 2.44. The third-order valence-corrected chi connectivity index (χ3v) is 8.18. The molecule has 0 amide bonds. The van der Waals surface area contributed by atoms with E-state index in [9.17, 15) is 4.79 Å². The molecule has 234 valence electrons. The Morgan fingerprint density at radius 1 is 0.795 bits per heavy atom. The highest BCUT2D eigenvalue weighted by Gasteiger charge is 2.44. The molecule has 8 heteroatoms. The monoisotopic (exact) mass is 602 g/mol. The lowest BCUT2D eigenvalue weighted by Gasteiger charge is -2.45. The molecule has 2 heterocycles. The van der Waals surface area contributed by atoms with Gasteiger partial charge in [0.2, 0.25) is 0 Å². The molecule has 1 fully saturated rings. The number of rotatable bonds is 7. The van der Waals surface area contributed by atoms with Gasteiger partial charge in [-0.3, -0.25) is 0 Å². The van der Waals surface area contributed by atoms with Crippen molar-refractivity contribution < 1.29 is 38.0 Å². The van der Waals surface area contributed by atoms with Crippen molar-refractivity contribution in [3.8, 4) is 11.5 Å². The number of carbonyl (C=O) groups is 1. The van der Waals surface area contributed by atoms with E-state index in [1.807, 2.05) is 85.8 Å². The molecule has 6 atom stereocenters. The van der Waals surface area contributed by atoms with Crippen LogP contribution in [0.1, 0.15) is 71.9 Å². The normalized spacial score (nSPS) is 26.8.